The molecule has 1 aliphatic rings. The maximum Gasteiger partial charge on any atom is 0.249 e. The van der Waals surface area contributed by atoms with Gasteiger partial charge in [-0.25, -0.2) is 0 Å². The van der Waals surface area contributed by atoms with E-state index < -0.39 is 0 Å². The minimum Gasteiger partial charge on any atom is -0.366 e. The van der Waals surface area contributed by atoms with Crippen molar-refractivity contribution < 1.29 is 4.79 Å². The summed E-state index contributed by atoms with van der Waals surface area (Å²) in [6.07, 6.45) is 6.53. The lowest BCUT2D eigenvalue weighted by Crippen LogP contribution is -2.16. The van der Waals surface area contributed by atoms with Crippen LogP contribution in [0.25, 0.3) is 0 Å². The van der Waals surface area contributed by atoms with Gasteiger partial charge in [0.1, 0.15) is 0 Å². The van der Waals surface area contributed by atoms with Crippen LogP contribution in [0.5, 0.6) is 0 Å². The predicted molar refractivity (Wildman–Crippen MR) is 89.7 cm³/mol. The highest BCUT2D eigenvalue weighted by molar-refractivity contribution is 5.88. The van der Waals surface area contributed by atoms with E-state index in [9.17, 15) is 4.79 Å². The van der Waals surface area contributed by atoms with Gasteiger partial charge in [0.15, 0.2) is 5.82 Å². The standard InChI is InChI=1S/C16H20N6O/c1-11(23)18-13-6-8-14(9-7-13)20-16-21-15(10-17-22-16)19-12-4-2-3-5-12/h6-10,12H,2-5H2,1H3,(H,18,23)(H2,19,20,21,22). The summed E-state index contributed by atoms with van der Waals surface area (Å²) in [6.45, 7) is 1.48. The smallest absolute Gasteiger partial charge is 0.249 e. The molecule has 7 nitrogen and oxygen atoms in total. The van der Waals surface area contributed by atoms with Crippen LogP contribution in [0.4, 0.5) is 23.1 Å². The highest BCUT2D eigenvalue weighted by Gasteiger charge is 2.15. The summed E-state index contributed by atoms with van der Waals surface area (Å²) in [7, 11) is 0. The van der Waals surface area contributed by atoms with Crippen molar-refractivity contribution >= 4 is 29.0 Å². The molecule has 1 saturated carbocycles. The molecule has 1 amide bonds. The van der Waals surface area contributed by atoms with Crippen molar-refractivity contribution in [2.24, 2.45) is 0 Å². The summed E-state index contributed by atoms with van der Waals surface area (Å²) in [5, 5.41) is 17.2. The SMILES string of the molecule is CC(=O)Nc1ccc(Nc2nncc(NC3CCCC3)n2)cc1. The van der Waals surface area contributed by atoms with Crippen LogP contribution in [0.3, 0.4) is 0 Å². The van der Waals surface area contributed by atoms with E-state index in [4.69, 9.17) is 0 Å². The van der Waals surface area contributed by atoms with Crippen molar-refractivity contribution in [1.29, 1.82) is 0 Å². The molecule has 1 aromatic carbocycles. The summed E-state index contributed by atoms with van der Waals surface area (Å²) >= 11 is 0. The van der Waals surface area contributed by atoms with E-state index in [2.05, 4.69) is 31.1 Å². The van der Waals surface area contributed by atoms with Gasteiger partial charge in [-0.05, 0) is 37.1 Å². The lowest BCUT2D eigenvalue weighted by atomic mass is 10.2. The summed E-state index contributed by atoms with van der Waals surface area (Å²) in [5.41, 5.74) is 1.58. The Hall–Kier alpha value is -2.70. The molecule has 3 rings (SSSR count). The average molecular weight is 312 g/mol. The first-order valence-corrected chi connectivity index (χ1v) is 7.80. The van der Waals surface area contributed by atoms with E-state index in [0.717, 1.165) is 17.2 Å². The average Bonchev–Trinajstić information content (AvgIpc) is 3.02. The lowest BCUT2D eigenvalue weighted by molar-refractivity contribution is -0.114. The first kappa shape index (κ1) is 15.2. The van der Waals surface area contributed by atoms with Crippen LogP contribution in [0.1, 0.15) is 32.6 Å². The fraction of sp³-hybridized carbons (Fsp3) is 0.375. The van der Waals surface area contributed by atoms with Gasteiger partial charge in [-0.1, -0.05) is 12.8 Å². The van der Waals surface area contributed by atoms with E-state index in [1.807, 2.05) is 24.3 Å². The Labute approximate surface area is 134 Å². The van der Waals surface area contributed by atoms with E-state index in [1.165, 1.54) is 32.6 Å². The number of nitrogens with one attached hydrogen (secondary N) is 3. The van der Waals surface area contributed by atoms with E-state index >= 15 is 0 Å². The maximum absolute atomic E-state index is 11.0. The molecule has 1 aliphatic carbocycles. The first-order valence-electron chi connectivity index (χ1n) is 7.80. The number of benzene rings is 1. The van der Waals surface area contributed by atoms with Gasteiger partial charge in [-0.3, -0.25) is 4.79 Å². The van der Waals surface area contributed by atoms with Gasteiger partial charge < -0.3 is 16.0 Å². The monoisotopic (exact) mass is 312 g/mol. The fourth-order valence-electron chi connectivity index (χ4n) is 2.67. The molecule has 7 heteroatoms. The molecular formula is C16H20N6O. The molecule has 2 aromatic rings. The second-order valence-electron chi connectivity index (χ2n) is 5.67. The molecule has 1 fully saturated rings. The Morgan fingerprint density at radius 3 is 2.52 bits per heavy atom. The Balaban J connectivity index is 1.63. The van der Waals surface area contributed by atoms with Gasteiger partial charge in [0, 0.05) is 24.3 Å². The second-order valence-corrected chi connectivity index (χ2v) is 5.67. The summed E-state index contributed by atoms with van der Waals surface area (Å²) in [6, 6.07) is 7.82. The summed E-state index contributed by atoms with van der Waals surface area (Å²) in [5.74, 6) is 1.09. The van der Waals surface area contributed by atoms with Crippen molar-refractivity contribution in [3.05, 3.63) is 30.5 Å². The molecular weight excluding hydrogens is 292 g/mol. The van der Waals surface area contributed by atoms with Gasteiger partial charge in [0.2, 0.25) is 11.9 Å². The van der Waals surface area contributed by atoms with Gasteiger partial charge in [-0.15, -0.1) is 5.10 Å². The van der Waals surface area contributed by atoms with E-state index in [1.54, 1.807) is 6.20 Å². The quantitative estimate of drug-likeness (QED) is 0.786. The number of aromatic nitrogens is 3. The summed E-state index contributed by atoms with van der Waals surface area (Å²) < 4.78 is 0. The highest BCUT2D eigenvalue weighted by atomic mass is 16.1. The van der Waals surface area contributed by atoms with Crippen LogP contribution in [0, 0.1) is 0 Å². The molecule has 0 bridgehead atoms. The number of hydrogen-bond donors (Lipinski definition) is 3. The molecule has 0 saturated heterocycles. The largest absolute Gasteiger partial charge is 0.366 e. The van der Waals surface area contributed by atoms with Crippen molar-refractivity contribution in [2.75, 3.05) is 16.0 Å². The third-order valence-electron chi connectivity index (χ3n) is 3.73. The maximum atomic E-state index is 11.0. The number of hydrogen-bond acceptors (Lipinski definition) is 6. The van der Waals surface area contributed by atoms with Crippen molar-refractivity contribution in [3.63, 3.8) is 0 Å². The van der Waals surface area contributed by atoms with Crippen LogP contribution in [0.2, 0.25) is 0 Å². The molecule has 0 unspecified atom stereocenters. The van der Waals surface area contributed by atoms with E-state index in [0.29, 0.717) is 12.0 Å². The molecule has 1 aromatic heterocycles. The normalized spacial score (nSPS) is 14.5. The lowest BCUT2D eigenvalue weighted by Gasteiger charge is -2.12. The number of carbonyl (C=O) groups is 1. The van der Waals surface area contributed by atoms with Crippen molar-refractivity contribution in [2.45, 2.75) is 38.6 Å². The van der Waals surface area contributed by atoms with E-state index in [-0.39, 0.29) is 5.91 Å². The molecule has 0 aliphatic heterocycles. The topological polar surface area (TPSA) is 91.8 Å². The second kappa shape index (κ2) is 7.04. The van der Waals surface area contributed by atoms with Gasteiger partial charge in [-0.2, -0.15) is 10.1 Å². The third kappa shape index (κ3) is 4.38. The zero-order valence-electron chi connectivity index (χ0n) is 13.0. The number of amides is 1. The molecule has 120 valence electrons. The van der Waals surface area contributed by atoms with Crippen LogP contribution in [-0.2, 0) is 4.79 Å². The Morgan fingerprint density at radius 1 is 1.13 bits per heavy atom. The molecule has 23 heavy (non-hydrogen) atoms. The minimum atomic E-state index is -0.0936. The van der Waals surface area contributed by atoms with Crippen molar-refractivity contribution in [3.8, 4) is 0 Å². The highest BCUT2D eigenvalue weighted by Crippen LogP contribution is 2.22. The van der Waals surface area contributed by atoms with Crippen LogP contribution < -0.4 is 16.0 Å². The Kier molecular flexibility index (Phi) is 4.65. The minimum absolute atomic E-state index is 0.0936. The zero-order chi connectivity index (χ0) is 16.1. The molecule has 3 N–H and O–H groups in total. The number of anilines is 4. The molecule has 0 spiro atoms. The fourth-order valence-corrected chi connectivity index (χ4v) is 2.67. The van der Waals surface area contributed by atoms with Gasteiger partial charge in [0.05, 0.1) is 6.20 Å². The number of rotatable bonds is 5. The molecule has 0 radical (unpaired) electrons. The zero-order valence-corrected chi connectivity index (χ0v) is 13.0. The number of carbonyl (C=O) groups excluding carboxylic acids is 1. The Morgan fingerprint density at radius 2 is 1.83 bits per heavy atom. The first-order chi connectivity index (χ1) is 11.2. The van der Waals surface area contributed by atoms with Gasteiger partial charge in [0.25, 0.3) is 0 Å². The summed E-state index contributed by atoms with van der Waals surface area (Å²) in [4.78, 5) is 15.4. The van der Waals surface area contributed by atoms with Crippen LogP contribution in [0.15, 0.2) is 30.5 Å². The van der Waals surface area contributed by atoms with Crippen LogP contribution in [-0.4, -0.2) is 27.1 Å². The third-order valence-corrected chi connectivity index (χ3v) is 3.73. The number of nitrogens with zero attached hydrogens (tertiary/aromatic N) is 3. The van der Waals surface area contributed by atoms with Crippen molar-refractivity contribution in [1.82, 2.24) is 15.2 Å². The predicted octanol–water partition coefficient (Wildman–Crippen LogP) is 2.93. The molecule has 1 heterocycles. The van der Waals surface area contributed by atoms with Gasteiger partial charge >= 0.3 is 0 Å². The molecule has 0 atom stereocenters. The Bertz CT molecular complexity index is 667. The van der Waals surface area contributed by atoms with Crippen LogP contribution >= 0.6 is 0 Å².